The second-order valence-electron chi connectivity index (χ2n) is 7.21. The molecule has 3 heterocycles. The van der Waals surface area contributed by atoms with Crippen LogP contribution in [-0.2, 0) is 7.05 Å². The van der Waals surface area contributed by atoms with Gasteiger partial charge in [0.25, 0.3) is 0 Å². The lowest BCUT2D eigenvalue weighted by Crippen LogP contribution is -1.99. The smallest absolute Gasteiger partial charge is 0.144 e. The molecule has 7 heteroatoms. The summed E-state index contributed by atoms with van der Waals surface area (Å²) in [5.74, 6) is 0.598. The Balaban J connectivity index is 1.46. The van der Waals surface area contributed by atoms with Crippen LogP contribution in [0, 0.1) is 18.3 Å². The van der Waals surface area contributed by atoms with Gasteiger partial charge >= 0.3 is 0 Å². The van der Waals surface area contributed by atoms with Gasteiger partial charge < -0.3 is 15.6 Å². The number of rotatable bonds is 4. The first-order valence-electron chi connectivity index (χ1n) is 9.56. The maximum absolute atomic E-state index is 9.43. The standard InChI is InChI=1S/C23H19N7/c1-14-20-10-16(5-6-22(20)30(2)29-14)26-18-9-19(13-24)28-23(12-18)27-17-4-3-15-7-8-25-21(15)11-17/h3-12,25H,1-2H3,(H2,26,27,28). The largest absolute Gasteiger partial charge is 0.361 e. The van der Waals surface area contributed by atoms with Crippen LogP contribution in [0.5, 0.6) is 0 Å². The van der Waals surface area contributed by atoms with E-state index in [0.29, 0.717) is 11.5 Å². The number of anilines is 4. The van der Waals surface area contributed by atoms with E-state index >= 15 is 0 Å². The van der Waals surface area contributed by atoms with Gasteiger partial charge in [-0.2, -0.15) is 10.4 Å². The summed E-state index contributed by atoms with van der Waals surface area (Å²) in [4.78, 5) is 7.59. The molecule has 0 spiro atoms. The number of aromatic nitrogens is 4. The van der Waals surface area contributed by atoms with E-state index in [2.05, 4.69) is 37.8 Å². The van der Waals surface area contributed by atoms with Crippen molar-refractivity contribution >= 4 is 44.7 Å². The normalized spacial score (nSPS) is 11.0. The number of hydrogen-bond acceptors (Lipinski definition) is 5. The fourth-order valence-electron chi connectivity index (χ4n) is 3.68. The number of nitrogens with zero attached hydrogens (tertiary/aromatic N) is 4. The summed E-state index contributed by atoms with van der Waals surface area (Å²) in [5.41, 5.74) is 6.03. The first-order chi connectivity index (χ1) is 14.6. The van der Waals surface area contributed by atoms with Gasteiger partial charge in [-0.25, -0.2) is 4.98 Å². The minimum Gasteiger partial charge on any atom is -0.361 e. The minimum absolute atomic E-state index is 0.335. The monoisotopic (exact) mass is 393 g/mol. The third-order valence-electron chi connectivity index (χ3n) is 5.09. The number of pyridine rings is 1. The van der Waals surface area contributed by atoms with Crippen LogP contribution in [-0.4, -0.2) is 19.7 Å². The molecule has 146 valence electrons. The van der Waals surface area contributed by atoms with E-state index in [1.807, 2.05) is 67.3 Å². The Morgan fingerprint density at radius 1 is 0.967 bits per heavy atom. The van der Waals surface area contributed by atoms with E-state index in [1.54, 1.807) is 6.07 Å². The second-order valence-corrected chi connectivity index (χ2v) is 7.21. The minimum atomic E-state index is 0.335. The van der Waals surface area contributed by atoms with Crippen molar-refractivity contribution in [2.75, 3.05) is 10.6 Å². The van der Waals surface area contributed by atoms with Gasteiger partial charge in [0.05, 0.1) is 11.2 Å². The van der Waals surface area contributed by atoms with Crippen LogP contribution >= 0.6 is 0 Å². The van der Waals surface area contributed by atoms with Crippen LogP contribution in [0.4, 0.5) is 22.9 Å². The summed E-state index contributed by atoms with van der Waals surface area (Å²) in [6.07, 6.45) is 1.91. The maximum atomic E-state index is 9.43. The molecule has 5 rings (SSSR count). The zero-order chi connectivity index (χ0) is 20.7. The summed E-state index contributed by atoms with van der Waals surface area (Å²) in [6.45, 7) is 2.00. The Morgan fingerprint density at radius 2 is 1.80 bits per heavy atom. The van der Waals surface area contributed by atoms with Gasteiger partial charge in [0, 0.05) is 47.3 Å². The SMILES string of the molecule is Cc1nn(C)c2ccc(Nc3cc(C#N)nc(Nc4ccc5cc[nH]c5c4)c3)cc12. The van der Waals surface area contributed by atoms with Crippen LogP contribution in [0.3, 0.4) is 0 Å². The Morgan fingerprint density at radius 3 is 2.67 bits per heavy atom. The molecule has 3 N–H and O–H groups in total. The summed E-state index contributed by atoms with van der Waals surface area (Å²) < 4.78 is 1.87. The highest BCUT2D eigenvalue weighted by Crippen LogP contribution is 2.27. The Bertz CT molecular complexity index is 1440. The van der Waals surface area contributed by atoms with E-state index in [-0.39, 0.29) is 0 Å². The number of nitriles is 1. The average molecular weight is 393 g/mol. The molecule has 0 aliphatic carbocycles. The Labute approximate surface area is 173 Å². The van der Waals surface area contributed by atoms with Crippen molar-refractivity contribution in [2.45, 2.75) is 6.92 Å². The van der Waals surface area contributed by atoms with Crippen molar-refractivity contribution < 1.29 is 0 Å². The first-order valence-corrected chi connectivity index (χ1v) is 9.56. The van der Waals surface area contributed by atoms with Gasteiger partial charge in [-0.3, -0.25) is 4.68 Å². The molecule has 2 aromatic carbocycles. The summed E-state index contributed by atoms with van der Waals surface area (Å²) in [5, 5.41) is 22.8. The predicted octanol–water partition coefficient (Wildman–Crippen LogP) is 5.12. The predicted molar refractivity (Wildman–Crippen MR) is 119 cm³/mol. The number of benzene rings is 2. The molecule has 0 saturated heterocycles. The topological polar surface area (TPSA) is 94.3 Å². The average Bonchev–Trinajstić information content (AvgIpc) is 3.31. The number of nitrogens with one attached hydrogen (secondary N) is 3. The molecule has 0 fully saturated rings. The van der Waals surface area contributed by atoms with Gasteiger partial charge in [-0.15, -0.1) is 0 Å². The summed E-state index contributed by atoms with van der Waals surface area (Å²) in [7, 11) is 1.94. The number of aromatic amines is 1. The molecule has 0 unspecified atom stereocenters. The number of aryl methyl sites for hydroxylation is 2. The van der Waals surface area contributed by atoms with E-state index in [0.717, 1.165) is 44.6 Å². The zero-order valence-electron chi connectivity index (χ0n) is 16.6. The third kappa shape index (κ3) is 3.20. The van der Waals surface area contributed by atoms with Crippen molar-refractivity contribution in [1.29, 1.82) is 5.26 Å². The van der Waals surface area contributed by atoms with E-state index < -0.39 is 0 Å². The summed E-state index contributed by atoms with van der Waals surface area (Å²) >= 11 is 0. The van der Waals surface area contributed by atoms with Crippen molar-refractivity contribution in [3.8, 4) is 6.07 Å². The quantitative estimate of drug-likeness (QED) is 0.394. The van der Waals surface area contributed by atoms with Gasteiger partial charge in [-0.05, 0) is 54.8 Å². The van der Waals surface area contributed by atoms with Crippen LogP contribution < -0.4 is 10.6 Å². The number of H-pyrrole nitrogens is 1. The first kappa shape index (κ1) is 17.8. The van der Waals surface area contributed by atoms with E-state index in [1.165, 1.54) is 0 Å². The highest BCUT2D eigenvalue weighted by molar-refractivity contribution is 5.86. The molecule has 0 radical (unpaired) electrons. The molecule has 0 amide bonds. The molecule has 0 atom stereocenters. The van der Waals surface area contributed by atoms with Gasteiger partial charge in [0.1, 0.15) is 17.6 Å². The Hall–Kier alpha value is -4.31. The molecule has 3 aromatic heterocycles. The van der Waals surface area contributed by atoms with Gasteiger partial charge in [0.2, 0.25) is 0 Å². The van der Waals surface area contributed by atoms with Crippen molar-refractivity contribution in [3.05, 3.63) is 72.2 Å². The lowest BCUT2D eigenvalue weighted by molar-refractivity contribution is 0.783. The lowest BCUT2D eigenvalue weighted by Gasteiger charge is -2.11. The van der Waals surface area contributed by atoms with E-state index in [4.69, 9.17) is 0 Å². The molecule has 0 aliphatic rings. The molecule has 30 heavy (non-hydrogen) atoms. The van der Waals surface area contributed by atoms with E-state index in [9.17, 15) is 5.26 Å². The van der Waals surface area contributed by atoms with Gasteiger partial charge in [0.15, 0.2) is 0 Å². The fourth-order valence-corrected chi connectivity index (χ4v) is 3.68. The number of hydrogen-bond donors (Lipinski definition) is 3. The highest BCUT2D eigenvalue weighted by atomic mass is 15.3. The van der Waals surface area contributed by atoms with Crippen LogP contribution in [0.15, 0.2) is 60.8 Å². The van der Waals surface area contributed by atoms with Gasteiger partial charge in [-0.1, -0.05) is 6.07 Å². The third-order valence-corrected chi connectivity index (χ3v) is 5.09. The number of fused-ring (bicyclic) bond motifs is 2. The highest BCUT2D eigenvalue weighted by Gasteiger charge is 2.08. The molecule has 0 saturated carbocycles. The Kier molecular flexibility index (Phi) is 4.11. The van der Waals surface area contributed by atoms with Crippen LogP contribution in [0.25, 0.3) is 21.8 Å². The van der Waals surface area contributed by atoms with Crippen LogP contribution in [0.1, 0.15) is 11.4 Å². The fraction of sp³-hybridized carbons (Fsp3) is 0.0870. The lowest BCUT2D eigenvalue weighted by atomic mass is 10.2. The zero-order valence-corrected chi connectivity index (χ0v) is 16.6. The molecular formula is C23H19N7. The van der Waals surface area contributed by atoms with Crippen LogP contribution in [0.2, 0.25) is 0 Å². The van der Waals surface area contributed by atoms with Crippen molar-refractivity contribution in [1.82, 2.24) is 19.7 Å². The van der Waals surface area contributed by atoms with Crippen molar-refractivity contribution in [3.63, 3.8) is 0 Å². The maximum Gasteiger partial charge on any atom is 0.144 e. The molecule has 5 aromatic rings. The molecule has 0 bridgehead atoms. The molecule has 7 nitrogen and oxygen atoms in total. The second kappa shape index (κ2) is 6.94. The molecular weight excluding hydrogens is 374 g/mol. The summed E-state index contributed by atoms with van der Waals surface area (Å²) in [6, 6.07) is 19.9. The molecule has 0 aliphatic heterocycles. The van der Waals surface area contributed by atoms with Crippen molar-refractivity contribution in [2.24, 2.45) is 7.05 Å².